The number of nitrogens with two attached hydrogens (primary N) is 1. The van der Waals surface area contributed by atoms with Crippen molar-refractivity contribution in [1.29, 1.82) is 0 Å². The molecule has 0 heterocycles. The molecule has 0 spiro atoms. The van der Waals surface area contributed by atoms with E-state index in [1.165, 1.54) is 25.7 Å². The highest BCUT2D eigenvalue weighted by molar-refractivity contribution is 5.81. The topological polar surface area (TPSA) is 55.1 Å². The van der Waals surface area contributed by atoms with E-state index in [-0.39, 0.29) is 11.9 Å². The summed E-state index contributed by atoms with van der Waals surface area (Å²) < 4.78 is 0. The minimum atomic E-state index is -0.326. The highest BCUT2D eigenvalue weighted by Crippen LogP contribution is 2.48. The third-order valence-corrected chi connectivity index (χ3v) is 3.15. The molecule has 0 saturated heterocycles. The molecule has 0 aromatic rings. The van der Waals surface area contributed by atoms with Crippen molar-refractivity contribution in [2.45, 2.75) is 52.0 Å². The van der Waals surface area contributed by atoms with Crippen LogP contribution in [-0.2, 0) is 4.79 Å². The first-order valence-corrected chi connectivity index (χ1v) is 5.67. The van der Waals surface area contributed by atoms with Crippen LogP contribution in [0.1, 0.15) is 46.0 Å². The zero-order valence-electron chi connectivity index (χ0n) is 9.31. The van der Waals surface area contributed by atoms with Crippen LogP contribution in [0.25, 0.3) is 0 Å². The summed E-state index contributed by atoms with van der Waals surface area (Å²) >= 11 is 0. The fourth-order valence-corrected chi connectivity index (χ4v) is 1.81. The summed E-state index contributed by atoms with van der Waals surface area (Å²) in [4.78, 5) is 11.4. The molecule has 1 aliphatic carbocycles. The lowest BCUT2D eigenvalue weighted by Crippen LogP contribution is -2.42. The van der Waals surface area contributed by atoms with Gasteiger partial charge < -0.3 is 11.1 Å². The molecule has 0 unspecified atom stereocenters. The monoisotopic (exact) mass is 198 g/mol. The largest absolute Gasteiger partial charge is 0.354 e. The Morgan fingerprint density at radius 1 is 1.50 bits per heavy atom. The van der Waals surface area contributed by atoms with Crippen LogP contribution in [0.5, 0.6) is 0 Å². The van der Waals surface area contributed by atoms with Gasteiger partial charge in [0.2, 0.25) is 5.91 Å². The van der Waals surface area contributed by atoms with Gasteiger partial charge in [-0.15, -0.1) is 0 Å². The molecule has 3 N–H and O–H groups in total. The van der Waals surface area contributed by atoms with E-state index in [1.807, 2.05) is 6.92 Å². The lowest BCUT2D eigenvalue weighted by Gasteiger charge is -2.16. The smallest absolute Gasteiger partial charge is 0.236 e. The number of hydrogen-bond acceptors (Lipinski definition) is 2. The predicted octanol–water partition coefficient (Wildman–Crippen LogP) is 1.42. The van der Waals surface area contributed by atoms with Gasteiger partial charge in [0.1, 0.15) is 0 Å². The molecule has 3 heteroatoms. The molecule has 1 saturated carbocycles. The summed E-state index contributed by atoms with van der Waals surface area (Å²) in [5.74, 6) is 0.00915. The molecular weight excluding hydrogens is 176 g/mol. The van der Waals surface area contributed by atoms with Crippen LogP contribution in [-0.4, -0.2) is 18.5 Å². The van der Waals surface area contributed by atoms with E-state index in [1.54, 1.807) is 0 Å². The minimum absolute atomic E-state index is 0.00915. The Morgan fingerprint density at radius 3 is 2.57 bits per heavy atom. The first-order valence-electron chi connectivity index (χ1n) is 5.67. The second kappa shape index (κ2) is 4.78. The van der Waals surface area contributed by atoms with Gasteiger partial charge in [-0.25, -0.2) is 0 Å². The van der Waals surface area contributed by atoms with Crippen LogP contribution in [0.4, 0.5) is 0 Å². The van der Waals surface area contributed by atoms with Gasteiger partial charge in [-0.3, -0.25) is 4.79 Å². The van der Waals surface area contributed by atoms with Crippen molar-refractivity contribution in [3.8, 4) is 0 Å². The van der Waals surface area contributed by atoms with Gasteiger partial charge in [0, 0.05) is 6.54 Å². The maximum absolute atomic E-state index is 11.4. The molecule has 1 amide bonds. The second-order valence-corrected chi connectivity index (χ2v) is 4.48. The van der Waals surface area contributed by atoms with Crippen molar-refractivity contribution in [2.24, 2.45) is 11.1 Å². The average molecular weight is 198 g/mol. The Balaban J connectivity index is 2.23. The van der Waals surface area contributed by atoms with E-state index in [2.05, 4.69) is 12.2 Å². The van der Waals surface area contributed by atoms with E-state index in [4.69, 9.17) is 5.73 Å². The fourth-order valence-electron chi connectivity index (χ4n) is 1.81. The molecular formula is C11H22N2O. The summed E-state index contributed by atoms with van der Waals surface area (Å²) in [6, 6.07) is -0.326. The van der Waals surface area contributed by atoms with Gasteiger partial charge in [-0.1, -0.05) is 20.3 Å². The predicted molar refractivity (Wildman–Crippen MR) is 57.9 cm³/mol. The van der Waals surface area contributed by atoms with Crippen LogP contribution < -0.4 is 11.1 Å². The first-order chi connectivity index (χ1) is 6.63. The molecule has 0 bridgehead atoms. The fraction of sp³-hybridized carbons (Fsp3) is 0.909. The summed E-state index contributed by atoms with van der Waals surface area (Å²) in [6.07, 6.45) is 5.68. The highest BCUT2D eigenvalue weighted by Gasteiger charge is 2.41. The SMILES string of the molecule is CCCC1(CNC(=O)[C@@H](N)CC)CC1. The lowest BCUT2D eigenvalue weighted by atomic mass is 10.0. The van der Waals surface area contributed by atoms with Crippen molar-refractivity contribution in [3.05, 3.63) is 0 Å². The quantitative estimate of drug-likeness (QED) is 0.678. The third kappa shape index (κ3) is 2.98. The van der Waals surface area contributed by atoms with Gasteiger partial charge in [-0.05, 0) is 31.1 Å². The first kappa shape index (κ1) is 11.5. The van der Waals surface area contributed by atoms with E-state index in [9.17, 15) is 4.79 Å². The molecule has 82 valence electrons. The molecule has 0 aromatic carbocycles. The number of carbonyl (C=O) groups is 1. The standard InChI is InChI=1S/C11H22N2O/c1-3-5-11(6-7-11)8-13-10(14)9(12)4-2/h9H,3-8,12H2,1-2H3,(H,13,14)/t9-/m0/s1. The number of carbonyl (C=O) groups excluding carboxylic acids is 1. The van der Waals surface area contributed by atoms with Gasteiger partial charge in [-0.2, -0.15) is 0 Å². The van der Waals surface area contributed by atoms with E-state index in [0.29, 0.717) is 11.8 Å². The van der Waals surface area contributed by atoms with Gasteiger partial charge in [0.05, 0.1) is 6.04 Å². The molecule has 0 aliphatic heterocycles. The van der Waals surface area contributed by atoms with Crippen LogP contribution in [0, 0.1) is 5.41 Å². The molecule has 3 nitrogen and oxygen atoms in total. The molecule has 1 atom stereocenters. The van der Waals surface area contributed by atoms with E-state index < -0.39 is 0 Å². The number of nitrogens with one attached hydrogen (secondary N) is 1. The maximum atomic E-state index is 11.4. The lowest BCUT2D eigenvalue weighted by molar-refractivity contribution is -0.122. The molecule has 1 rings (SSSR count). The Bertz CT molecular complexity index is 199. The van der Waals surface area contributed by atoms with Gasteiger partial charge in [0.15, 0.2) is 0 Å². The van der Waals surface area contributed by atoms with Crippen molar-refractivity contribution >= 4 is 5.91 Å². The highest BCUT2D eigenvalue weighted by atomic mass is 16.2. The van der Waals surface area contributed by atoms with Crippen LogP contribution in [0.2, 0.25) is 0 Å². The summed E-state index contributed by atoms with van der Waals surface area (Å²) in [6.45, 7) is 4.95. The number of rotatable bonds is 6. The number of amides is 1. The van der Waals surface area contributed by atoms with Crippen molar-refractivity contribution < 1.29 is 4.79 Å². The Hall–Kier alpha value is -0.570. The summed E-state index contributed by atoms with van der Waals surface area (Å²) in [5, 5.41) is 2.96. The van der Waals surface area contributed by atoms with E-state index in [0.717, 1.165) is 6.54 Å². The zero-order chi connectivity index (χ0) is 10.6. The Kier molecular flexibility index (Phi) is 3.93. The van der Waals surface area contributed by atoms with Crippen molar-refractivity contribution in [1.82, 2.24) is 5.32 Å². The summed E-state index contributed by atoms with van der Waals surface area (Å²) in [5.41, 5.74) is 6.06. The molecule has 0 radical (unpaired) electrons. The van der Waals surface area contributed by atoms with Crippen LogP contribution in [0.3, 0.4) is 0 Å². The molecule has 14 heavy (non-hydrogen) atoms. The van der Waals surface area contributed by atoms with Crippen molar-refractivity contribution in [3.63, 3.8) is 0 Å². The molecule has 1 aliphatic rings. The number of hydrogen-bond donors (Lipinski definition) is 2. The van der Waals surface area contributed by atoms with E-state index >= 15 is 0 Å². The maximum Gasteiger partial charge on any atom is 0.236 e. The normalized spacial score (nSPS) is 20.2. The Labute approximate surface area is 86.4 Å². The average Bonchev–Trinajstić information content (AvgIpc) is 2.94. The zero-order valence-corrected chi connectivity index (χ0v) is 9.31. The molecule has 0 aromatic heterocycles. The van der Waals surface area contributed by atoms with Crippen LogP contribution >= 0.6 is 0 Å². The van der Waals surface area contributed by atoms with Crippen molar-refractivity contribution in [2.75, 3.05) is 6.54 Å². The second-order valence-electron chi connectivity index (χ2n) is 4.48. The molecule has 1 fully saturated rings. The Morgan fingerprint density at radius 2 is 2.14 bits per heavy atom. The third-order valence-electron chi connectivity index (χ3n) is 3.15. The van der Waals surface area contributed by atoms with Crippen LogP contribution in [0.15, 0.2) is 0 Å². The van der Waals surface area contributed by atoms with Gasteiger partial charge in [0.25, 0.3) is 0 Å². The van der Waals surface area contributed by atoms with Gasteiger partial charge >= 0.3 is 0 Å². The minimum Gasteiger partial charge on any atom is -0.354 e. The summed E-state index contributed by atoms with van der Waals surface area (Å²) in [7, 11) is 0.